The third kappa shape index (κ3) is 7.11. The summed E-state index contributed by atoms with van der Waals surface area (Å²) in [7, 11) is 0. The van der Waals surface area contributed by atoms with Crippen LogP contribution in [0.2, 0.25) is 0 Å². The van der Waals surface area contributed by atoms with Gasteiger partial charge in [-0.15, -0.1) is 0 Å². The average Bonchev–Trinajstić information content (AvgIpc) is 2.35. The Morgan fingerprint density at radius 2 is 1.64 bits per heavy atom. The predicted molar refractivity (Wildman–Crippen MR) is 94.8 cm³/mol. The molecule has 0 aliphatic carbocycles. The van der Waals surface area contributed by atoms with Crippen molar-refractivity contribution in [2.45, 2.75) is 73.8 Å². The lowest BCUT2D eigenvalue weighted by molar-refractivity contribution is -0.122. The highest BCUT2D eigenvalue weighted by Crippen LogP contribution is 2.28. The molecule has 2 nitrogen and oxygen atoms in total. The highest BCUT2D eigenvalue weighted by atomic mass is 16.1. The minimum Gasteiger partial charge on any atom is -0.352 e. The highest BCUT2D eigenvalue weighted by molar-refractivity contribution is 5.76. The van der Waals surface area contributed by atoms with Crippen molar-refractivity contribution in [3.63, 3.8) is 0 Å². The van der Waals surface area contributed by atoms with E-state index in [-0.39, 0.29) is 11.3 Å². The van der Waals surface area contributed by atoms with E-state index < -0.39 is 0 Å². The van der Waals surface area contributed by atoms with E-state index >= 15 is 0 Å². The number of rotatable bonds is 7. The molecular formula is C20H33NO. The van der Waals surface area contributed by atoms with Gasteiger partial charge in [-0.3, -0.25) is 4.79 Å². The maximum absolute atomic E-state index is 12.0. The highest BCUT2D eigenvalue weighted by Gasteiger charge is 2.19. The quantitative estimate of drug-likeness (QED) is 0.745. The van der Waals surface area contributed by atoms with Crippen LogP contribution in [0.3, 0.4) is 0 Å². The van der Waals surface area contributed by atoms with Crippen molar-refractivity contribution in [2.24, 2.45) is 10.8 Å². The Morgan fingerprint density at radius 1 is 1.05 bits per heavy atom. The summed E-state index contributed by atoms with van der Waals surface area (Å²) in [6, 6.07) is 8.48. The third-order valence-corrected chi connectivity index (χ3v) is 3.88. The normalized spacial score (nSPS) is 12.3. The van der Waals surface area contributed by atoms with Crippen LogP contribution in [0.5, 0.6) is 0 Å². The molecule has 0 fully saturated rings. The Morgan fingerprint density at radius 3 is 2.18 bits per heavy atom. The maximum Gasteiger partial charge on any atom is 0.220 e. The second kappa shape index (κ2) is 7.80. The number of hydrogen-bond donors (Lipinski definition) is 1. The van der Waals surface area contributed by atoms with Gasteiger partial charge in [0.15, 0.2) is 0 Å². The Balaban J connectivity index is 2.70. The largest absolute Gasteiger partial charge is 0.352 e. The first-order chi connectivity index (χ1) is 10.1. The molecule has 1 amide bonds. The molecule has 0 saturated carbocycles. The summed E-state index contributed by atoms with van der Waals surface area (Å²) in [6.07, 6.45) is 4.05. The van der Waals surface area contributed by atoms with Gasteiger partial charge in [0.1, 0.15) is 0 Å². The Bertz CT molecular complexity index is 483. The van der Waals surface area contributed by atoms with Crippen molar-refractivity contribution in [3.05, 3.63) is 35.4 Å². The van der Waals surface area contributed by atoms with Gasteiger partial charge in [-0.05, 0) is 34.8 Å². The summed E-state index contributed by atoms with van der Waals surface area (Å²) in [6.45, 7) is 13.8. The lowest BCUT2D eigenvalue weighted by Crippen LogP contribution is -2.27. The zero-order valence-electron chi connectivity index (χ0n) is 15.3. The first-order valence-electron chi connectivity index (χ1n) is 8.46. The molecule has 0 aliphatic rings. The van der Waals surface area contributed by atoms with Crippen LogP contribution in [-0.2, 0) is 17.8 Å². The van der Waals surface area contributed by atoms with Crippen LogP contribution in [0.25, 0.3) is 0 Å². The SMILES string of the molecule is CCCC(C)(C)Cc1ccccc1CNC(=O)CC(C)(C)C. The van der Waals surface area contributed by atoms with Crippen LogP contribution in [0.15, 0.2) is 24.3 Å². The molecule has 0 unspecified atom stereocenters. The Kier molecular flexibility index (Phi) is 6.65. The minimum atomic E-state index is 0.0344. The predicted octanol–water partition coefficient (Wildman–Crippen LogP) is 5.11. The first-order valence-corrected chi connectivity index (χ1v) is 8.46. The van der Waals surface area contributed by atoms with E-state index in [0.29, 0.717) is 18.4 Å². The van der Waals surface area contributed by atoms with E-state index in [1.165, 1.54) is 24.0 Å². The zero-order chi connectivity index (χ0) is 16.8. The van der Waals surface area contributed by atoms with Crippen molar-refractivity contribution < 1.29 is 4.79 Å². The lowest BCUT2D eigenvalue weighted by Gasteiger charge is -2.25. The lowest BCUT2D eigenvalue weighted by atomic mass is 9.80. The van der Waals surface area contributed by atoms with Crippen molar-refractivity contribution >= 4 is 5.91 Å². The zero-order valence-corrected chi connectivity index (χ0v) is 15.3. The number of carbonyl (C=O) groups is 1. The number of benzene rings is 1. The molecule has 1 aromatic rings. The fraction of sp³-hybridized carbons (Fsp3) is 0.650. The van der Waals surface area contributed by atoms with Gasteiger partial charge in [-0.1, -0.05) is 72.2 Å². The number of amides is 1. The molecule has 0 heterocycles. The molecule has 0 spiro atoms. The maximum atomic E-state index is 12.0. The molecule has 0 aromatic heterocycles. The summed E-state index contributed by atoms with van der Waals surface area (Å²) >= 11 is 0. The van der Waals surface area contributed by atoms with Gasteiger partial charge < -0.3 is 5.32 Å². The first kappa shape index (κ1) is 18.7. The monoisotopic (exact) mass is 303 g/mol. The number of carbonyl (C=O) groups excluding carboxylic acids is 1. The topological polar surface area (TPSA) is 29.1 Å². The van der Waals surface area contributed by atoms with Gasteiger partial charge in [-0.2, -0.15) is 0 Å². The molecule has 1 N–H and O–H groups in total. The molecule has 0 aliphatic heterocycles. The fourth-order valence-electron chi connectivity index (χ4n) is 2.92. The third-order valence-electron chi connectivity index (χ3n) is 3.88. The smallest absolute Gasteiger partial charge is 0.220 e. The summed E-state index contributed by atoms with van der Waals surface area (Å²) in [5.74, 6) is 0.134. The Labute approximate surface area is 136 Å². The molecule has 0 atom stereocenters. The molecule has 124 valence electrons. The van der Waals surface area contributed by atoms with Gasteiger partial charge >= 0.3 is 0 Å². The van der Waals surface area contributed by atoms with E-state index in [9.17, 15) is 4.79 Å². The Hall–Kier alpha value is -1.31. The number of hydrogen-bond acceptors (Lipinski definition) is 1. The second-order valence-corrected chi connectivity index (χ2v) is 8.37. The van der Waals surface area contributed by atoms with Gasteiger partial charge in [0.25, 0.3) is 0 Å². The fourth-order valence-corrected chi connectivity index (χ4v) is 2.92. The molecular weight excluding hydrogens is 270 g/mol. The number of nitrogens with one attached hydrogen (secondary N) is 1. The van der Waals surface area contributed by atoms with Crippen molar-refractivity contribution in [2.75, 3.05) is 0 Å². The minimum absolute atomic E-state index is 0.0344. The average molecular weight is 303 g/mol. The van der Waals surface area contributed by atoms with E-state index in [4.69, 9.17) is 0 Å². The van der Waals surface area contributed by atoms with Gasteiger partial charge in [0.05, 0.1) is 0 Å². The molecule has 0 saturated heterocycles. The molecule has 2 heteroatoms. The van der Waals surface area contributed by atoms with Crippen LogP contribution in [-0.4, -0.2) is 5.91 Å². The van der Waals surface area contributed by atoms with E-state index in [2.05, 4.69) is 71.1 Å². The standard InChI is InChI=1S/C20H33NO/c1-7-12-20(5,6)13-16-10-8-9-11-17(16)15-21-18(22)14-19(2,3)4/h8-11H,7,12-15H2,1-6H3,(H,21,22). The van der Waals surface area contributed by atoms with Crippen LogP contribution in [0.4, 0.5) is 0 Å². The molecule has 1 rings (SSSR count). The van der Waals surface area contributed by atoms with Crippen LogP contribution in [0.1, 0.15) is 71.9 Å². The van der Waals surface area contributed by atoms with Crippen LogP contribution in [0, 0.1) is 10.8 Å². The molecule has 0 bridgehead atoms. The van der Waals surface area contributed by atoms with Gasteiger partial charge in [0, 0.05) is 13.0 Å². The van der Waals surface area contributed by atoms with E-state index in [1.807, 2.05) is 0 Å². The molecule has 0 radical (unpaired) electrons. The van der Waals surface area contributed by atoms with Gasteiger partial charge in [0.2, 0.25) is 5.91 Å². The van der Waals surface area contributed by atoms with Crippen LogP contribution < -0.4 is 5.32 Å². The van der Waals surface area contributed by atoms with Gasteiger partial charge in [-0.25, -0.2) is 0 Å². The van der Waals surface area contributed by atoms with E-state index in [0.717, 1.165) is 6.42 Å². The van der Waals surface area contributed by atoms with Crippen LogP contribution >= 0.6 is 0 Å². The van der Waals surface area contributed by atoms with E-state index in [1.54, 1.807) is 0 Å². The summed E-state index contributed by atoms with van der Waals surface area (Å²) < 4.78 is 0. The molecule has 1 aromatic carbocycles. The molecule has 22 heavy (non-hydrogen) atoms. The second-order valence-electron chi connectivity index (χ2n) is 8.37. The summed E-state index contributed by atoms with van der Waals surface area (Å²) in [5, 5.41) is 3.07. The van der Waals surface area contributed by atoms with Crippen molar-refractivity contribution in [3.8, 4) is 0 Å². The van der Waals surface area contributed by atoms with Crippen molar-refractivity contribution in [1.29, 1.82) is 0 Å². The summed E-state index contributed by atoms with van der Waals surface area (Å²) in [4.78, 5) is 12.0. The van der Waals surface area contributed by atoms with Crippen molar-refractivity contribution in [1.82, 2.24) is 5.32 Å². The summed E-state index contributed by atoms with van der Waals surface area (Å²) in [5.41, 5.74) is 2.94.